The maximum absolute atomic E-state index is 13.8. The highest BCUT2D eigenvalue weighted by atomic mass is 79.9. The summed E-state index contributed by atoms with van der Waals surface area (Å²) in [5.41, 5.74) is 0.411. The van der Waals surface area contributed by atoms with Crippen molar-refractivity contribution < 1.29 is 19.0 Å². The number of aryl methyl sites for hydroxylation is 1. The third-order valence-corrected chi connectivity index (χ3v) is 3.04. The first kappa shape index (κ1) is 13.5. The van der Waals surface area contributed by atoms with E-state index in [0.29, 0.717) is 10.0 Å². The molecule has 0 aliphatic rings. The first-order chi connectivity index (χ1) is 8.99. The van der Waals surface area contributed by atoms with Crippen LogP contribution in [0.3, 0.4) is 0 Å². The van der Waals surface area contributed by atoms with E-state index in [1.165, 1.54) is 18.2 Å². The van der Waals surface area contributed by atoms with Gasteiger partial charge in [-0.15, -0.1) is 0 Å². The number of rotatable bonds is 3. The fraction of sp³-hybridized carbons (Fsp3) is 0.0714. The number of carboxylic acid groups (broad SMARTS) is 1. The second-order valence-electron chi connectivity index (χ2n) is 3.93. The van der Waals surface area contributed by atoms with E-state index < -0.39 is 11.8 Å². The zero-order valence-electron chi connectivity index (χ0n) is 9.98. The lowest BCUT2D eigenvalue weighted by Crippen LogP contribution is -2.01. The van der Waals surface area contributed by atoms with Gasteiger partial charge in [-0.3, -0.25) is 0 Å². The van der Waals surface area contributed by atoms with Gasteiger partial charge in [0.05, 0.1) is 0 Å². The molecule has 0 heterocycles. The van der Waals surface area contributed by atoms with Gasteiger partial charge >= 0.3 is 5.97 Å². The van der Waals surface area contributed by atoms with Crippen LogP contribution in [0.2, 0.25) is 0 Å². The Morgan fingerprint density at radius 3 is 2.68 bits per heavy atom. The first-order valence-electron chi connectivity index (χ1n) is 5.45. The van der Waals surface area contributed by atoms with E-state index in [1.807, 2.05) is 0 Å². The topological polar surface area (TPSA) is 46.5 Å². The number of hydrogen-bond acceptors (Lipinski definition) is 2. The van der Waals surface area contributed by atoms with Crippen LogP contribution in [-0.4, -0.2) is 11.1 Å². The summed E-state index contributed by atoms with van der Waals surface area (Å²) in [6.07, 6.45) is 0. The lowest BCUT2D eigenvalue weighted by atomic mass is 10.2. The highest BCUT2D eigenvalue weighted by Crippen LogP contribution is 2.31. The van der Waals surface area contributed by atoms with Crippen LogP contribution in [0, 0.1) is 12.7 Å². The monoisotopic (exact) mass is 324 g/mol. The van der Waals surface area contributed by atoms with Crippen molar-refractivity contribution in [2.24, 2.45) is 0 Å². The van der Waals surface area contributed by atoms with Crippen molar-refractivity contribution in [3.63, 3.8) is 0 Å². The van der Waals surface area contributed by atoms with Gasteiger partial charge in [0.15, 0.2) is 11.6 Å². The van der Waals surface area contributed by atoms with E-state index >= 15 is 0 Å². The normalized spacial score (nSPS) is 10.3. The van der Waals surface area contributed by atoms with Gasteiger partial charge in [0.25, 0.3) is 0 Å². The number of carbonyl (C=O) groups is 1. The molecule has 5 heteroatoms. The Balaban J connectivity index is 2.45. The minimum Gasteiger partial charge on any atom is -0.478 e. The van der Waals surface area contributed by atoms with Crippen LogP contribution in [0.5, 0.6) is 11.5 Å². The van der Waals surface area contributed by atoms with Crippen LogP contribution in [0.4, 0.5) is 4.39 Å². The Hall–Kier alpha value is -1.88. The maximum Gasteiger partial charge on any atom is 0.339 e. The number of aromatic carboxylic acids is 1. The van der Waals surface area contributed by atoms with E-state index in [4.69, 9.17) is 9.84 Å². The van der Waals surface area contributed by atoms with Crippen molar-refractivity contribution in [1.29, 1.82) is 0 Å². The van der Waals surface area contributed by atoms with Gasteiger partial charge in [-0.25, -0.2) is 9.18 Å². The molecule has 0 saturated heterocycles. The lowest BCUT2D eigenvalue weighted by molar-refractivity contribution is 0.0694. The third-order valence-electron chi connectivity index (χ3n) is 2.55. The van der Waals surface area contributed by atoms with E-state index in [0.717, 1.165) is 0 Å². The molecule has 0 aliphatic carbocycles. The summed E-state index contributed by atoms with van der Waals surface area (Å²) in [5, 5.41) is 9.07. The largest absolute Gasteiger partial charge is 0.478 e. The van der Waals surface area contributed by atoms with Crippen LogP contribution in [-0.2, 0) is 0 Å². The molecule has 0 spiro atoms. The number of halogens is 2. The second kappa shape index (κ2) is 5.40. The van der Waals surface area contributed by atoms with Gasteiger partial charge in [-0.2, -0.15) is 0 Å². The molecular formula is C14H10BrFO3. The molecule has 0 radical (unpaired) electrons. The van der Waals surface area contributed by atoms with Crippen molar-refractivity contribution in [3.8, 4) is 11.5 Å². The summed E-state index contributed by atoms with van der Waals surface area (Å²) >= 11 is 3.23. The average Bonchev–Trinajstić information content (AvgIpc) is 2.35. The molecule has 2 rings (SSSR count). The molecule has 98 valence electrons. The molecular weight excluding hydrogens is 315 g/mol. The van der Waals surface area contributed by atoms with Gasteiger partial charge < -0.3 is 9.84 Å². The van der Waals surface area contributed by atoms with Gasteiger partial charge in [-0.1, -0.05) is 28.1 Å². The quantitative estimate of drug-likeness (QED) is 0.910. The minimum atomic E-state index is -1.13. The molecule has 0 bridgehead atoms. The second-order valence-corrected chi connectivity index (χ2v) is 4.85. The van der Waals surface area contributed by atoms with Crippen LogP contribution >= 0.6 is 15.9 Å². The molecule has 0 atom stereocenters. The highest BCUT2D eigenvalue weighted by Gasteiger charge is 2.14. The molecule has 1 N–H and O–H groups in total. The van der Waals surface area contributed by atoms with E-state index in [2.05, 4.69) is 15.9 Å². The highest BCUT2D eigenvalue weighted by molar-refractivity contribution is 9.10. The van der Waals surface area contributed by atoms with Crippen molar-refractivity contribution in [2.75, 3.05) is 0 Å². The summed E-state index contributed by atoms with van der Waals surface area (Å²) in [4.78, 5) is 11.1. The number of ether oxygens (including phenoxy) is 1. The van der Waals surface area contributed by atoms with Crippen LogP contribution in [0.15, 0.2) is 40.9 Å². The molecule has 2 aromatic carbocycles. The zero-order chi connectivity index (χ0) is 14.0. The van der Waals surface area contributed by atoms with Crippen molar-refractivity contribution in [2.45, 2.75) is 6.92 Å². The van der Waals surface area contributed by atoms with Crippen LogP contribution < -0.4 is 4.74 Å². The number of benzene rings is 2. The van der Waals surface area contributed by atoms with Crippen molar-refractivity contribution in [1.82, 2.24) is 0 Å². The summed E-state index contributed by atoms with van der Waals surface area (Å²) in [6, 6.07) is 9.19. The molecule has 0 saturated carbocycles. The molecule has 3 nitrogen and oxygen atoms in total. The number of carboxylic acids is 1. The SMILES string of the molecule is Cc1cccc(Oc2cc(Br)ccc2C(=O)O)c1F. The summed E-state index contributed by atoms with van der Waals surface area (Å²) in [6.45, 7) is 1.61. The smallest absolute Gasteiger partial charge is 0.339 e. The number of hydrogen-bond donors (Lipinski definition) is 1. The van der Waals surface area contributed by atoms with Crippen LogP contribution in [0.1, 0.15) is 15.9 Å². The molecule has 19 heavy (non-hydrogen) atoms. The third kappa shape index (κ3) is 2.93. The Labute approximate surface area is 117 Å². The molecule has 0 amide bonds. The van der Waals surface area contributed by atoms with Gasteiger partial charge in [0.1, 0.15) is 11.3 Å². The Kier molecular flexibility index (Phi) is 3.85. The van der Waals surface area contributed by atoms with Gasteiger partial charge in [0, 0.05) is 4.47 Å². The maximum atomic E-state index is 13.8. The summed E-state index contributed by atoms with van der Waals surface area (Å²) in [7, 11) is 0. The summed E-state index contributed by atoms with van der Waals surface area (Å²) < 4.78 is 19.9. The molecule has 0 fully saturated rings. The van der Waals surface area contributed by atoms with E-state index in [9.17, 15) is 9.18 Å². The predicted octanol–water partition coefficient (Wildman–Crippen LogP) is 4.39. The standard InChI is InChI=1S/C14H10BrFO3/c1-8-3-2-4-11(13(8)16)19-12-7-9(15)5-6-10(12)14(17)18/h2-7H,1H3,(H,17,18). The fourth-order valence-corrected chi connectivity index (χ4v) is 1.92. The van der Waals surface area contributed by atoms with E-state index in [1.54, 1.807) is 25.1 Å². The fourth-order valence-electron chi connectivity index (χ4n) is 1.58. The van der Waals surface area contributed by atoms with Gasteiger partial charge in [-0.05, 0) is 36.8 Å². The van der Waals surface area contributed by atoms with Crippen molar-refractivity contribution in [3.05, 3.63) is 57.8 Å². The Morgan fingerprint density at radius 2 is 2.00 bits per heavy atom. The zero-order valence-corrected chi connectivity index (χ0v) is 11.6. The predicted molar refractivity (Wildman–Crippen MR) is 72.3 cm³/mol. The Bertz CT molecular complexity index is 641. The first-order valence-corrected chi connectivity index (χ1v) is 6.24. The van der Waals surface area contributed by atoms with Crippen LogP contribution in [0.25, 0.3) is 0 Å². The minimum absolute atomic E-state index is 0.000556. The molecule has 0 unspecified atom stereocenters. The van der Waals surface area contributed by atoms with Crippen molar-refractivity contribution >= 4 is 21.9 Å². The summed E-state index contributed by atoms with van der Waals surface area (Å²) in [5.74, 6) is -1.54. The molecule has 0 aromatic heterocycles. The lowest BCUT2D eigenvalue weighted by Gasteiger charge is -2.10. The molecule has 0 aliphatic heterocycles. The average molecular weight is 325 g/mol. The Morgan fingerprint density at radius 1 is 1.26 bits per heavy atom. The van der Waals surface area contributed by atoms with E-state index in [-0.39, 0.29) is 17.1 Å². The van der Waals surface area contributed by atoms with Gasteiger partial charge in [0.2, 0.25) is 0 Å². The molecule has 2 aromatic rings.